The number of hydrogen-bond donors (Lipinski definition) is 1. The molecule has 1 N–H and O–H groups in total. The zero-order valence-electron chi connectivity index (χ0n) is 11.5. The predicted octanol–water partition coefficient (Wildman–Crippen LogP) is 3.35. The molecule has 0 aliphatic heterocycles. The summed E-state index contributed by atoms with van der Waals surface area (Å²) >= 11 is 0. The van der Waals surface area contributed by atoms with E-state index >= 15 is 0 Å². The summed E-state index contributed by atoms with van der Waals surface area (Å²) in [7, 11) is 0. The van der Waals surface area contributed by atoms with E-state index in [0.29, 0.717) is 25.0 Å². The molecule has 3 heteroatoms. The van der Waals surface area contributed by atoms with E-state index in [1.54, 1.807) is 24.3 Å². The van der Waals surface area contributed by atoms with Gasteiger partial charge in [0.1, 0.15) is 11.4 Å². The number of carbonyl (C=O) groups excluding carboxylic acids is 1. The Hall–Kier alpha value is -1.35. The van der Waals surface area contributed by atoms with Crippen molar-refractivity contribution in [2.24, 2.45) is 0 Å². The monoisotopic (exact) mass is 262 g/mol. The molecule has 1 saturated carbocycles. The van der Waals surface area contributed by atoms with Gasteiger partial charge in [-0.3, -0.25) is 4.79 Å². The first-order chi connectivity index (χ1) is 9.15. The van der Waals surface area contributed by atoms with E-state index in [1.165, 1.54) is 0 Å². The van der Waals surface area contributed by atoms with Gasteiger partial charge in [0.2, 0.25) is 0 Å². The van der Waals surface area contributed by atoms with Gasteiger partial charge in [-0.15, -0.1) is 0 Å². The van der Waals surface area contributed by atoms with Crippen molar-refractivity contribution in [3.8, 4) is 5.75 Å². The van der Waals surface area contributed by atoms with Gasteiger partial charge < -0.3 is 9.84 Å². The number of hydrogen-bond acceptors (Lipinski definition) is 3. The highest BCUT2D eigenvalue weighted by molar-refractivity contribution is 6.02. The Morgan fingerprint density at radius 1 is 1.16 bits per heavy atom. The first-order valence-corrected chi connectivity index (χ1v) is 7.16. The molecule has 0 aromatic heterocycles. The Kier molecular flexibility index (Phi) is 4.59. The highest BCUT2D eigenvalue weighted by Gasteiger charge is 2.36. The zero-order chi connectivity index (χ0) is 13.7. The third-order valence-electron chi connectivity index (χ3n) is 3.78. The summed E-state index contributed by atoms with van der Waals surface area (Å²) in [5.74, 6) is 0.615. The lowest BCUT2D eigenvalue weighted by atomic mass is 9.86. The van der Waals surface area contributed by atoms with Crippen LogP contribution in [-0.2, 0) is 0 Å². The van der Waals surface area contributed by atoms with E-state index in [2.05, 4.69) is 0 Å². The van der Waals surface area contributed by atoms with Crippen LogP contribution in [0.5, 0.6) is 5.75 Å². The van der Waals surface area contributed by atoms with Gasteiger partial charge in [0.05, 0.1) is 6.61 Å². The molecule has 1 aliphatic rings. The molecule has 0 saturated heterocycles. The van der Waals surface area contributed by atoms with Crippen LogP contribution >= 0.6 is 0 Å². The maximum Gasteiger partial charge on any atom is 0.194 e. The van der Waals surface area contributed by atoms with E-state index in [-0.39, 0.29) is 5.78 Å². The Morgan fingerprint density at radius 3 is 2.26 bits per heavy atom. The second kappa shape index (κ2) is 6.20. The molecule has 1 aliphatic carbocycles. The molecule has 3 nitrogen and oxygen atoms in total. The topological polar surface area (TPSA) is 46.5 Å². The van der Waals surface area contributed by atoms with Crippen LogP contribution < -0.4 is 4.74 Å². The van der Waals surface area contributed by atoms with Crippen molar-refractivity contribution < 1.29 is 14.6 Å². The minimum absolute atomic E-state index is 0.141. The quantitative estimate of drug-likeness (QED) is 0.668. The fourth-order valence-electron chi connectivity index (χ4n) is 2.68. The van der Waals surface area contributed by atoms with Gasteiger partial charge in [-0.1, -0.05) is 25.7 Å². The van der Waals surface area contributed by atoms with Gasteiger partial charge in [-0.25, -0.2) is 0 Å². The average Bonchev–Trinajstić information content (AvgIpc) is 2.65. The second-order valence-electron chi connectivity index (χ2n) is 5.23. The molecular formula is C16H22O3. The number of ketones is 1. The highest BCUT2D eigenvalue weighted by atomic mass is 16.5. The molecule has 0 bridgehead atoms. The Balaban J connectivity index is 2.13. The predicted molar refractivity (Wildman–Crippen MR) is 74.6 cm³/mol. The number of rotatable bonds is 4. The minimum atomic E-state index is -1.16. The molecule has 19 heavy (non-hydrogen) atoms. The van der Waals surface area contributed by atoms with Gasteiger partial charge in [-0.2, -0.15) is 0 Å². The summed E-state index contributed by atoms with van der Waals surface area (Å²) in [5.41, 5.74) is -0.586. The number of Topliss-reactive ketones (excluding diaryl/α,β-unsaturated/α-hetero) is 1. The van der Waals surface area contributed by atoms with Crippen molar-refractivity contribution in [1.82, 2.24) is 0 Å². The summed E-state index contributed by atoms with van der Waals surface area (Å²) in [6.45, 7) is 2.53. The molecule has 2 rings (SSSR count). The molecule has 1 aromatic carbocycles. The zero-order valence-corrected chi connectivity index (χ0v) is 11.5. The SMILES string of the molecule is CCOc1ccc(C(=O)C2(O)CCCCCC2)cc1. The lowest BCUT2D eigenvalue weighted by Crippen LogP contribution is -2.38. The maximum atomic E-state index is 12.5. The number of carbonyl (C=O) groups is 1. The summed E-state index contributed by atoms with van der Waals surface area (Å²) in [4.78, 5) is 12.5. The standard InChI is InChI=1S/C16H22O3/c1-2-19-14-9-7-13(8-10-14)15(17)16(18)11-5-3-4-6-12-16/h7-10,18H,2-6,11-12H2,1H3. The van der Waals surface area contributed by atoms with Crippen molar-refractivity contribution >= 4 is 5.78 Å². The van der Waals surface area contributed by atoms with Crippen LogP contribution in [0, 0.1) is 0 Å². The lowest BCUT2D eigenvalue weighted by Gasteiger charge is -2.25. The smallest absolute Gasteiger partial charge is 0.194 e. The van der Waals surface area contributed by atoms with E-state index in [1.807, 2.05) is 6.92 Å². The van der Waals surface area contributed by atoms with E-state index in [0.717, 1.165) is 31.4 Å². The summed E-state index contributed by atoms with van der Waals surface area (Å²) in [5, 5.41) is 10.6. The van der Waals surface area contributed by atoms with Crippen LogP contribution in [0.2, 0.25) is 0 Å². The van der Waals surface area contributed by atoms with Gasteiger partial charge in [0.15, 0.2) is 5.78 Å². The lowest BCUT2D eigenvalue weighted by molar-refractivity contribution is 0.0238. The Bertz CT molecular complexity index is 414. The molecule has 0 radical (unpaired) electrons. The van der Waals surface area contributed by atoms with E-state index < -0.39 is 5.60 Å². The van der Waals surface area contributed by atoms with Crippen molar-refractivity contribution in [3.05, 3.63) is 29.8 Å². The van der Waals surface area contributed by atoms with Crippen LogP contribution in [0.1, 0.15) is 55.8 Å². The second-order valence-corrected chi connectivity index (χ2v) is 5.23. The summed E-state index contributed by atoms with van der Waals surface area (Å²) < 4.78 is 5.36. The summed E-state index contributed by atoms with van der Waals surface area (Å²) in [6, 6.07) is 7.07. The van der Waals surface area contributed by atoms with Crippen LogP contribution in [-0.4, -0.2) is 23.1 Å². The third kappa shape index (κ3) is 3.35. The van der Waals surface area contributed by atoms with Gasteiger partial charge in [-0.05, 0) is 44.0 Å². The number of benzene rings is 1. The van der Waals surface area contributed by atoms with Gasteiger partial charge in [0.25, 0.3) is 0 Å². The van der Waals surface area contributed by atoms with Crippen molar-refractivity contribution in [1.29, 1.82) is 0 Å². The maximum absolute atomic E-state index is 12.5. The molecule has 0 unspecified atom stereocenters. The molecular weight excluding hydrogens is 240 g/mol. The number of ether oxygens (including phenoxy) is 1. The molecule has 0 heterocycles. The van der Waals surface area contributed by atoms with Crippen LogP contribution in [0.3, 0.4) is 0 Å². The molecule has 0 amide bonds. The normalized spacial score (nSPS) is 18.6. The fourth-order valence-corrected chi connectivity index (χ4v) is 2.68. The fraction of sp³-hybridized carbons (Fsp3) is 0.562. The van der Waals surface area contributed by atoms with E-state index in [9.17, 15) is 9.90 Å². The van der Waals surface area contributed by atoms with Gasteiger partial charge in [0, 0.05) is 5.56 Å². The Morgan fingerprint density at radius 2 is 1.74 bits per heavy atom. The van der Waals surface area contributed by atoms with E-state index in [4.69, 9.17) is 4.74 Å². The number of aliphatic hydroxyl groups is 1. The molecule has 0 atom stereocenters. The van der Waals surface area contributed by atoms with Crippen molar-refractivity contribution in [3.63, 3.8) is 0 Å². The van der Waals surface area contributed by atoms with Crippen LogP contribution in [0.25, 0.3) is 0 Å². The van der Waals surface area contributed by atoms with Crippen molar-refractivity contribution in [2.75, 3.05) is 6.61 Å². The van der Waals surface area contributed by atoms with Gasteiger partial charge >= 0.3 is 0 Å². The third-order valence-corrected chi connectivity index (χ3v) is 3.78. The molecule has 104 valence electrons. The Labute approximate surface area is 114 Å². The minimum Gasteiger partial charge on any atom is -0.494 e. The van der Waals surface area contributed by atoms with Crippen LogP contribution in [0.4, 0.5) is 0 Å². The molecule has 1 fully saturated rings. The highest BCUT2D eigenvalue weighted by Crippen LogP contribution is 2.30. The largest absolute Gasteiger partial charge is 0.494 e. The molecule has 0 spiro atoms. The molecule has 1 aromatic rings. The van der Waals surface area contributed by atoms with Crippen LogP contribution in [0.15, 0.2) is 24.3 Å². The summed E-state index contributed by atoms with van der Waals surface area (Å²) in [6.07, 6.45) is 5.24. The van der Waals surface area contributed by atoms with Crippen molar-refractivity contribution in [2.45, 2.75) is 51.0 Å². The average molecular weight is 262 g/mol. The first kappa shape index (κ1) is 14.1. The first-order valence-electron chi connectivity index (χ1n) is 7.16.